The van der Waals surface area contributed by atoms with E-state index < -0.39 is 0 Å². The molecule has 0 aliphatic carbocycles. The summed E-state index contributed by atoms with van der Waals surface area (Å²) in [7, 11) is 0. The van der Waals surface area contributed by atoms with Crippen molar-refractivity contribution < 1.29 is 9.53 Å². The van der Waals surface area contributed by atoms with Crippen LogP contribution >= 0.6 is 0 Å². The molecule has 2 aromatic heterocycles. The molecule has 1 aromatic carbocycles. The normalized spacial score (nSPS) is 16.8. The van der Waals surface area contributed by atoms with Crippen LogP contribution in [0.1, 0.15) is 23.0 Å². The summed E-state index contributed by atoms with van der Waals surface area (Å²) in [4.78, 5) is 19.1. The standard InChI is InChI=1S/C21H23N5O2/c1-15-14-26(9-10-28-15)20-8-7-16(12-22-20)13-23-21(27)19-11-18(24-25-19)17-5-3-2-4-6-17/h2-8,11-12,15H,9-10,13-14H2,1H3,(H,23,27)(H,24,25). The van der Waals surface area contributed by atoms with Crippen LogP contribution in [0.5, 0.6) is 0 Å². The average molecular weight is 377 g/mol. The van der Waals surface area contributed by atoms with Gasteiger partial charge in [0.1, 0.15) is 11.5 Å². The number of amides is 1. The molecular formula is C21H23N5O2. The topological polar surface area (TPSA) is 83.1 Å². The van der Waals surface area contributed by atoms with Gasteiger partial charge in [-0.3, -0.25) is 9.89 Å². The smallest absolute Gasteiger partial charge is 0.269 e. The van der Waals surface area contributed by atoms with Gasteiger partial charge in [0.05, 0.1) is 18.4 Å². The van der Waals surface area contributed by atoms with Crippen molar-refractivity contribution in [1.29, 1.82) is 0 Å². The third-order valence-electron chi connectivity index (χ3n) is 4.72. The first-order chi connectivity index (χ1) is 13.7. The molecule has 4 rings (SSSR count). The number of anilines is 1. The first-order valence-electron chi connectivity index (χ1n) is 9.39. The Morgan fingerprint density at radius 2 is 2.14 bits per heavy atom. The number of nitrogens with zero attached hydrogens (tertiary/aromatic N) is 3. The maximum atomic E-state index is 12.4. The van der Waals surface area contributed by atoms with E-state index >= 15 is 0 Å². The number of hydrogen-bond donors (Lipinski definition) is 2. The Balaban J connectivity index is 1.34. The van der Waals surface area contributed by atoms with Crippen molar-refractivity contribution in [3.05, 3.63) is 66.0 Å². The second-order valence-corrected chi connectivity index (χ2v) is 6.87. The highest BCUT2D eigenvalue weighted by molar-refractivity contribution is 5.93. The number of benzene rings is 1. The maximum Gasteiger partial charge on any atom is 0.269 e. The highest BCUT2D eigenvalue weighted by Crippen LogP contribution is 2.17. The average Bonchev–Trinajstić information content (AvgIpc) is 3.23. The molecule has 1 atom stereocenters. The Morgan fingerprint density at radius 3 is 2.89 bits per heavy atom. The van der Waals surface area contributed by atoms with Gasteiger partial charge in [0, 0.05) is 31.4 Å². The number of pyridine rings is 1. The number of ether oxygens (including phenoxy) is 1. The van der Waals surface area contributed by atoms with E-state index in [4.69, 9.17) is 4.74 Å². The van der Waals surface area contributed by atoms with Crippen LogP contribution in [0.15, 0.2) is 54.7 Å². The largest absolute Gasteiger partial charge is 0.375 e. The second kappa shape index (κ2) is 8.22. The van der Waals surface area contributed by atoms with Crippen molar-refractivity contribution in [2.45, 2.75) is 19.6 Å². The molecule has 2 N–H and O–H groups in total. The maximum absolute atomic E-state index is 12.4. The molecule has 144 valence electrons. The number of morpholine rings is 1. The van der Waals surface area contributed by atoms with Gasteiger partial charge in [0.25, 0.3) is 5.91 Å². The SMILES string of the molecule is CC1CN(c2ccc(CNC(=O)c3cc(-c4ccccc4)n[nH]3)cn2)CCO1. The number of hydrogen-bond acceptors (Lipinski definition) is 5. The zero-order valence-corrected chi connectivity index (χ0v) is 15.8. The number of aromatic amines is 1. The summed E-state index contributed by atoms with van der Waals surface area (Å²) in [6, 6.07) is 15.5. The predicted octanol–water partition coefficient (Wildman–Crippen LogP) is 2.63. The van der Waals surface area contributed by atoms with Crippen LogP contribution in [-0.4, -0.2) is 46.9 Å². The Hall–Kier alpha value is -3.19. The highest BCUT2D eigenvalue weighted by atomic mass is 16.5. The minimum Gasteiger partial charge on any atom is -0.375 e. The third kappa shape index (κ3) is 4.20. The van der Waals surface area contributed by atoms with Crippen molar-refractivity contribution in [3.8, 4) is 11.3 Å². The van der Waals surface area contributed by atoms with Crippen LogP contribution < -0.4 is 10.2 Å². The summed E-state index contributed by atoms with van der Waals surface area (Å²) in [6.07, 6.45) is 2.02. The Labute approximate surface area is 163 Å². The van der Waals surface area contributed by atoms with Crippen molar-refractivity contribution in [1.82, 2.24) is 20.5 Å². The fourth-order valence-electron chi connectivity index (χ4n) is 3.21. The van der Waals surface area contributed by atoms with Gasteiger partial charge in [-0.15, -0.1) is 0 Å². The summed E-state index contributed by atoms with van der Waals surface area (Å²) in [5.74, 6) is 0.743. The van der Waals surface area contributed by atoms with Gasteiger partial charge in [0.2, 0.25) is 0 Å². The minimum atomic E-state index is -0.194. The van der Waals surface area contributed by atoms with E-state index in [1.54, 1.807) is 12.3 Å². The molecule has 3 aromatic rings. The van der Waals surface area contributed by atoms with Gasteiger partial charge in [-0.2, -0.15) is 5.10 Å². The van der Waals surface area contributed by atoms with Gasteiger partial charge >= 0.3 is 0 Å². The Kier molecular flexibility index (Phi) is 5.34. The fraction of sp³-hybridized carbons (Fsp3) is 0.286. The lowest BCUT2D eigenvalue weighted by molar-refractivity contribution is 0.0529. The number of carbonyl (C=O) groups excluding carboxylic acids is 1. The summed E-state index contributed by atoms with van der Waals surface area (Å²) < 4.78 is 5.57. The summed E-state index contributed by atoms with van der Waals surface area (Å²) >= 11 is 0. The molecule has 1 aliphatic rings. The lowest BCUT2D eigenvalue weighted by Gasteiger charge is -2.32. The fourth-order valence-corrected chi connectivity index (χ4v) is 3.21. The number of nitrogens with one attached hydrogen (secondary N) is 2. The molecule has 1 aliphatic heterocycles. The molecule has 0 radical (unpaired) electrons. The molecule has 0 spiro atoms. The molecule has 1 unspecified atom stereocenters. The minimum absolute atomic E-state index is 0.194. The Bertz CT molecular complexity index is 923. The van der Waals surface area contributed by atoms with E-state index in [2.05, 4.69) is 32.3 Å². The number of rotatable bonds is 5. The molecule has 1 saturated heterocycles. The van der Waals surface area contributed by atoms with Crippen molar-refractivity contribution in [2.24, 2.45) is 0 Å². The van der Waals surface area contributed by atoms with Crippen molar-refractivity contribution in [3.63, 3.8) is 0 Å². The van der Waals surface area contributed by atoms with Crippen LogP contribution in [0.4, 0.5) is 5.82 Å². The molecule has 28 heavy (non-hydrogen) atoms. The number of carbonyl (C=O) groups is 1. The van der Waals surface area contributed by atoms with Crippen LogP contribution in [0, 0.1) is 0 Å². The van der Waals surface area contributed by atoms with E-state index in [9.17, 15) is 4.79 Å². The number of aromatic nitrogens is 3. The van der Waals surface area contributed by atoms with Gasteiger partial charge < -0.3 is 15.0 Å². The van der Waals surface area contributed by atoms with Gasteiger partial charge in [-0.25, -0.2) is 4.98 Å². The van der Waals surface area contributed by atoms with Crippen molar-refractivity contribution in [2.75, 3.05) is 24.6 Å². The first-order valence-corrected chi connectivity index (χ1v) is 9.39. The van der Waals surface area contributed by atoms with Crippen LogP contribution in [0.25, 0.3) is 11.3 Å². The zero-order chi connectivity index (χ0) is 19.3. The van der Waals surface area contributed by atoms with E-state index in [-0.39, 0.29) is 12.0 Å². The van der Waals surface area contributed by atoms with Gasteiger partial charge in [-0.05, 0) is 24.6 Å². The van der Waals surface area contributed by atoms with Crippen molar-refractivity contribution >= 4 is 11.7 Å². The molecule has 1 fully saturated rings. The first kappa shape index (κ1) is 18.2. The molecular weight excluding hydrogens is 354 g/mol. The zero-order valence-electron chi connectivity index (χ0n) is 15.8. The second-order valence-electron chi connectivity index (χ2n) is 6.87. The van der Waals surface area contributed by atoms with E-state index in [1.807, 2.05) is 42.5 Å². The van der Waals surface area contributed by atoms with Crippen LogP contribution in [0.3, 0.4) is 0 Å². The lowest BCUT2D eigenvalue weighted by Crippen LogP contribution is -2.41. The summed E-state index contributed by atoms with van der Waals surface area (Å²) in [5, 5.41) is 9.92. The monoisotopic (exact) mass is 377 g/mol. The highest BCUT2D eigenvalue weighted by Gasteiger charge is 2.17. The van der Waals surface area contributed by atoms with Crippen LogP contribution in [-0.2, 0) is 11.3 Å². The molecule has 0 saturated carbocycles. The number of H-pyrrole nitrogens is 1. The molecule has 3 heterocycles. The van der Waals surface area contributed by atoms with Gasteiger partial charge in [-0.1, -0.05) is 36.4 Å². The van der Waals surface area contributed by atoms with E-state index in [0.717, 1.165) is 42.3 Å². The van der Waals surface area contributed by atoms with Gasteiger partial charge in [0.15, 0.2) is 0 Å². The van der Waals surface area contributed by atoms with E-state index in [0.29, 0.717) is 12.2 Å². The molecule has 0 bridgehead atoms. The molecule has 7 heteroatoms. The predicted molar refractivity (Wildman–Crippen MR) is 107 cm³/mol. The molecule has 1 amide bonds. The quantitative estimate of drug-likeness (QED) is 0.714. The van der Waals surface area contributed by atoms with E-state index in [1.165, 1.54) is 0 Å². The summed E-state index contributed by atoms with van der Waals surface area (Å²) in [6.45, 7) is 4.87. The van der Waals surface area contributed by atoms with Crippen LogP contribution in [0.2, 0.25) is 0 Å². The summed E-state index contributed by atoms with van der Waals surface area (Å²) in [5.41, 5.74) is 3.10. The Morgan fingerprint density at radius 1 is 1.29 bits per heavy atom. The lowest BCUT2D eigenvalue weighted by atomic mass is 10.1. The molecule has 7 nitrogen and oxygen atoms in total. The third-order valence-corrected chi connectivity index (χ3v) is 4.72.